The molecule has 120 valence electrons. The maximum atomic E-state index is 5.75. The lowest BCUT2D eigenvalue weighted by atomic mass is 10.1. The summed E-state index contributed by atoms with van der Waals surface area (Å²) in [5, 5.41) is 1.14. The summed E-state index contributed by atoms with van der Waals surface area (Å²) in [6.45, 7) is 3.70. The summed E-state index contributed by atoms with van der Waals surface area (Å²) >= 11 is 3.47. The SMILES string of the molecule is CCCOc1ccc(OCCCCCCCCCBr)cc1. The molecule has 0 aliphatic heterocycles. The molecule has 0 saturated carbocycles. The van der Waals surface area contributed by atoms with Gasteiger partial charge in [0.15, 0.2) is 0 Å². The van der Waals surface area contributed by atoms with Crippen LogP contribution in [0.4, 0.5) is 0 Å². The standard InChI is InChI=1S/C18H29BrO2/c1-2-15-20-17-10-12-18(13-11-17)21-16-9-7-5-3-4-6-8-14-19/h10-13H,2-9,14-16H2,1H3. The molecule has 0 aliphatic carbocycles. The quantitative estimate of drug-likeness (QED) is 0.319. The van der Waals surface area contributed by atoms with Gasteiger partial charge in [0, 0.05) is 5.33 Å². The van der Waals surface area contributed by atoms with Crippen molar-refractivity contribution in [1.82, 2.24) is 0 Å². The van der Waals surface area contributed by atoms with Crippen LogP contribution in [0.15, 0.2) is 24.3 Å². The molecule has 0 unspecified atom stereocenters. The molecule has 0 aromatic heterocycles. The molecule has 0 fully saturated rings. The minimum absolute atomic E-state index is 0.774. The topological polar surface area (TPSA) is 18.5 Å². The Labute approximate surface area is 138 Å². The number of alkyl halides is 1. The highest BCUT2D eigenvalue weighted by Gasteiger charge is 1.97. The van der Waals surface area contributed by atoms with E-state index in [0.717, 1.165) is 42.9 Å². The average molecular weight is 357 g/mol. The van der Waals surface area contributed by atoms with Crippen LogP contribution in [-0.4, -0.2) is 18.5 Å². The van der Waals surface area contributed by atoms with E-state index < -0.39 is 0 Å². The number of benzene rings is 1. The Morgan fingerprint density at radius 2 is 1.19 bits per heavy atom. The van der Waals surface area contributed by atoms with Gasteiger partial charge in [0.05, 0.1) is 13.2 Å². The van der Waals surface area contributed by atoms with Gasteiger partial charge in [0.1, 0.15) is 11.5 Å². The molecule has 0 aliphatic rings. The fourth-order valence-electron chi connectivity index (χ4n) is 2.12. The molecule has 21 heavy (non-hydrogen) atoms. The highest BCUT2D eigenvalue weighted by atomic mass is 79.9. The van der Waals surface area contributed by atoms with E-state index in [1.165, 1.54) is 38.5 Å². The van der Waals surface area contributed by atoms with E-state index >= 15 is 0 Å². The lowest BCUT2D eigenvalue weighted by Gasteiger charge is -2.08. The minimum atomic E-state index is 0.774. The Bertz CT molecular complexity index is 338. The molecule has 1 aromatic rings. The molecule has 0 saturated heterocycles. The fraction of sp³-hybridized carbons (Fsp3) is 0.667. The minimum Gasteiger partial charge on any atom is -0.494 e. The zero-order chi connectivity index (χ0) is 15.2. The van der Waals surface area contributed by atoms with Crippen LogP contribution in [-0.2, 0) is 0 Å². The Kier molecular flexibility index (Phi) is 11.4. The van der Waals surface area contributed by atoms with Gasteiger partial charge in [-0.3, -0.25) is 0 Å². The fourth-order valence-corrected chi connectivity index (χ4v) is 2.52. The predicted octanol–water partition coefficient (Wildman–Crippen LogP) is 5.98. The van der Waals surface area contributed by atoms with Gasteiger partial charge in [-0.1, -0.05) is 55.0 Å². The third-order valence-electron chi connectivity index (χ3n) is 3.34. The summed E-state index contributed by atoms with van der Waals surface area (Å²) in [5.41, 5.74) is 0. The summed E-state index contributed by atoms with van der Waals surface area (Å²) in [6, 6.07) is 7.94. The highest BCUT2D eigenvalue weighted by molar-refractivity contribution is 9.09. The number of halogens is 1. The average Bonchev–Trinajstić information content (AvgIpc) is 2.52. The summed E-state index contributed by atoms with van der Waals surface area (Å²) in [7, 11) is 0. The van der Waals surface area contributed by atoms with Gasteiger partial charge >= 0.3 is 0 Å². The molecule has 0 atom stereocenters. The molecule has 3 heteroatoms. The van der Waals surface area contributed by atoms with E-state index in [-0.39, 0.29) is 0 Å². The van der Waals surface area contributed by atoms with Gasteiger partial charge in [-0.15, -0.1) is 0 Å². The molecular formula is C18H29BrO2. The van der Waals surface area contributed by atoms with Gasteiger partial charge in [-0.25, -0.2) is 0 Å². The van der Waals surface area contributed by atoms with Crippen LogP contribution in [0, 0.1) is 0 Å². The molecular weight excluding hydrogens is 328 g/mol. The maximum Gasteiger partial charge on any atom is 0.119 e. The van der Waals surface area contributed by atoms with Gasteiger partial charge in [-0.05, 0) is 43.5 Å². The molecule has 0 amide bonds. The van der Waals surface area contributed by atoms with Gasteiger partial charge < -0.3 is 9.47 Å². The second-order valence-corrected chi connectivity index (χ2v) is 6.13. The first-order chi connectivity index (χ1) is 10.4. The van der Waals surface area contributed by atoms with E-state index in [1.54, 1.807) is 0 Å². The van der Waals surface area contributed by atoms with Crippen LogP contribution in [0.2, 0.25) is 0 Å². The van der Waals surface area contributed by atoms with E-state index in [1.807, 2.05) is 24.3 Å². The monoisotopic (exact) mass is 356 g/mol. The largest absolute Gasteiger partial charge is 0.494 e. The molecule has 0 spiro atoms. The van der Waals surface area contributed by atoms with E-state index in [2.05, 4.69) is 22.9 Å². The van der Waals surface area contributed by atoms with Crippen LogP contribution >= 0.6 is 15.9 Å². The Morgan fingerprint density at radius 1 is 0.714 bits per heavy atom. The van der Waals surface area contributed by atoms with Crippen molar-refractivity contribution in [3.05, 3.63) is 24.3 Å². The van der Waals surface area contributed by atoms with E-state index in [0.29, 0.717) is 0 Å². The number of hydrogen-bond donors (Lipinski definition) is 0. The van der Waals surface area contributed by atoms with Crippen molar-refractivity contribution < 1.29 is 9.47 Å². The lowest BCUT2D eigenvalue weighted by Crippen LogP contribution is -1.98. The van der Waals surface area contributed by atoms with Gasteiger partial charge in [-0.2, -0.15) is 0 Å². The third kappa shape index (κ3) is 9.78. The lowest BCUT2D eigenvalue weighted by molar-refractivity contribution is 0.300. The van der Waals surface area contributed by atoms with Crippen LogP contribution in [0.1, 0.15) is 58.3 Å². The molecule has 0 bridgehead atoms. The van der Waals surface area contributed by atoms with Crippen LogP contribution in [0.25, 0.3) is 0 Å². The van der Waals surface area contributed by atoms with Crippen molar-refractivity contribution in [2.45, 2.75) is 58.3 Å². The number of ether oxygens (including phenoxy) is 2. The highest BCUT2D eigenvalue weighted by Crippen LogP contribution is 2.18. The predicted molar refractivity (Wildman–Crippen MR) is 93.8 cm³/mol. The molecule has 2 nitrogen and oxygen atoms in total. The first-order valence-corrected chi connectivity index (χ1v) is 9.40. The Hall–Kier alpha value is -0.700. The molecule has 1 rings (SSSR count). The number of rotatable bonds is 13. The van der Waals surface area contributed by atoms with Crippen molar-refractivity contribution in [3.8, 4) is 11.5 Å². The second kappa shape index (κ2) is 13.0. The van der Waals surface area contributed by atoms with Crippen molar-refractivity contribution in [2.24, 2.45) is 0 Å². The summed E-state index contributed by atoms with van der Waals surface area (Å²) in [6.07, 6.45) is 10.2. The smallest absolute Gasteiger partial charge is 0.119 e. The van der Waals surface area contributed by atoms with Crippen molar-refractivity contribution in [2.75, 3.05) is 18.5 Å². The molecule has 0 radical (unpaired) electrons. The normalized spacial score (nSPS) is 10.6. The van der Waals surface area contributed by atoms with Gasteiger partial charge in [0.2, 0.25) is 0 Å². The number of hydrogen-bond acceptors (Lipinski definition) is 2. The maximum absolute atomic E-state index is 5.75. The number of unbranched alkanes of at least 4 members (excludes halogenated alkanes) is 6. The van der Waals surface area contributed by atoms with E-state index in [9.17, 15) is 0 Å². The van der Waals surface area contributed by atoms with Crippen LogP contribution in [0.5, 0.6) is 11.5 Å². The van der Waals surface area contributed by atoms with E-state index in [4.69, 9.17) is 9.47 Å². The van der Waals surface area contributed by atoms with Crippen molar-refractivity contribution in [1.29, 1.82) is 0 Å². The zero-order valence-corrected chi connectivity index (χ0v) is 14.9. The molecule has 0 heterocycles. The molecule has 1 aromatic carbocycles. The van der Waals surface area contributed by atoms with Crippen LogP contribution < -0.4 is 9.47 Å². The summed E-state index contributed by atoms with van der Waals surface area (Å²) in [5.74, 6) is 1.86. The van der Waals surface area contributed by atoms with Crippen LogP contribution in [0.3, 0.4) is 0 Å². The van der Waals surface area contributed by atoms with Gasteiger partial charge in [0.25, 0.3) is 0 Å². The zero-order valence-electron chi connectivity index (χ0n) is 13.3. The second-order valence-electron chi connectivity index (χ2n) is 5.33. The van der Waals surface area contributed by atoms with Crippen molar-refractivity contribution >= 4 is 15.9 Å². The first-order valence-electron chi connectivity index (χ1n) is 8.28. The van der Waals surface area contributed by atoms with Crippen molar-refractivity contribution in [3.63, 3.8) is 0 Å². The summed E-state index contributed by atoms with van der Waals surface area (Å²) < 4.78 is 11.3. The third-order valence-corrected chi connectivity index (χ3v) is 3.90. The summed E-state index contributed by atoms with van der Waals surface area (Å²) in [4.78, 5) is 0. The first kappa shape index (κ1) is 18.3. The molecule has 0 N–H and O–H groups in total. The Balaban J connectivity index is 1.99. The Morgan fingerprint density at radius 3 is 1.71 bits per heavy atom.